The standard InChI is InChI=1S/C26H29N5O2/c1-2-24(32)29-19-8-6-18(7-9-19)26-25(27)22-11-10-21(33-15-14-30-13-12-28-17-30)16-23(22)31(26)20-4-3-5-20/h6-13,16-17,20H,2-5,14-15,27H2,1H3,(H,29,32). The Morgan fingerprint density at radius 1 is 1.21 bits per heavy atom. The Bertz CT molecular complexity index is 1250. The molecule has 1 saturated carbocycles. The van der Waals surface area contributed by atoms with Gasteiger partial charge in [0, 0.05) is 47.6 Å². The lowest BCUT2D eigenvalue weighted by molar-refractivity contribution is -0.115. The number of nitrogens with two attached hydrogens (primary N) is 1. The highest BCUT2D eigenvalue weighted by Crippen LogP contribution is 2.44. The van der Waals surface area contributed by atoms with E-state index in [-0.39, 0.29) is 5.91 Å². The van der Waals surface area contributed by atoms with Crippen molar-refractivity contribution in [2.75, 3.05) is 17.7 Å². The van der Waals surface area contributed by atoms with Gasteiger partial charge in [-0.15, -0.1) is 0 Å². The van der Waals surface area contributed by atoms with E-state index in [1.165, 1.54) is 6.42 Å². The Hall–Kier alpha value is -3.74. The van der Waals surface area contributed by atoms with Crippen molar-refractivity contribution in [1.82, 2.24) is 14.1 Å². The molecule has 5 rings (SSSR count). The first-order valence-electron chi connectivity index (χ1n) is 11.6. The Kier molecular flexibility index (Phi) is 5.77. The molecule has 0 saturated heterocycles. The summed E-state index contributed by atoms with van der Waals surface area (Å²) in [5.41, 5.74) is 11.5. The number of nitrogen functional groups attached to an aromatic ring is 1. The normalized spacial score (nSPS) is 13.7. The summed E-state index contributed by atoms with van der Waals surface area (Å²) >= 11 is 0. The third-order valence-electron chi connectivity index (χ3n) is 6.40. The van der Waals surface area contributed by atoms with E-state index in [0.29, 0.717) is 19.1 Å². The van der Waals surface area contributed by atoms with Gasteiger partial charge in [-0.25, -0.2) is 4.98 Å². The van der Waals surface area contributed by atoms with Crippen LogP contribution in [0.4, 0.5) is 11.4 Å². The monoisotopic (exact) mass is 443 g/mol. The lowest BCUT2D eigenvalue weighted by atomic mass is 9.92. The third kappa shape index (κ3) is 4.18. The van der Waals surface area contributed by atoms with Crippen LogP contribution in [0.1, 0.15) is 38.6 Å². The van der Waals surface area contributed by atoms with Crippen molar-refractivity contribution in [2.24, 2.45) is 0 Å². The summed E-state index contributed by atoms with van der Waals surface area (Å²) in [6.45, 7) is 3.16. The quantitative estimate of drug-likeness (QED) is 0.390. The zero-order valence-electron chi connectivity index (χ0n) is 18.8. The van der Waals surface area contributed by atoms with Crippen LogP contribution in [0.5, 0.6) is 5.75 Å². The van der Waals surface area contributed by atoms with Gasteiger partial charge >= 0.3 is 0 Å². The van der Waals surface area contributed by atoms with Gasteiger partial charge < -0.3 is 24.9 Å². The highest BCUT2D eigenvalue weighted by Gasteiger charge is 2.27. The minimum atomic E-state index is 0.00594. The second-order valence-corrected chi connectivity index (χ2v) is 8.52. The predicted octanol–water partition coefficient (Wildman–Crippen LogP) is 5.24. The lowest BCUT2D eigenvalue weighted by Gasteiger charge is -2.30. The molecule has 4 aromatic rings. The molecule has 0 atom stereocenters. The lowest BCUT2D eigenvalue weighted by Crippen LogP contribution is -2.18. The van der Waals surface area contributed by atoms with Crippen molar-refractivity contribution in [3.05, 3.63) is 61.2 Å². The number of hydrogen-bond donors (Lipinski definition) is 2. The van der Waals surface area contributed by atoms with Gasteiger partial charge in [-0.05, 0) is 43.5 Å². The molecule has 2 aromatic carbocycles. The second-order valence-electron chi connectivity index (χ2n) is 8.52. The molecule has 0 spiro atoms. The third-order valence-corrected chi connectivity index (χ3v) is 6.40. The number of benzene rings is 2. The molecule has 2 aromatic heterocycles. The highest BCUT2D eigenvalue weighted by molar-refractivity contribution is 6.02. The van der Waals surface area contributed by atoms with Gasteiger partial charge in [0.1, 0.15) is 12.4 Å². The van der Waals surface area contributed by atoms with E-state index in [1.54, 1.807) is 12.5 Å². The summed E-state index contributed by atoms with van der Waals surface area (Å²) in [7, 11) is 0. The fourth-order valence-electron chi connectivity index (χ4n) is 4.37. The van der Waals surface area contributed by atoms with Gasteiger partial charge in [-0.3, -0.25) is 4.79 Å². The summed E-state index contributed by atoms with van der Waals surface area (Å²) in [5, 5.41) is 3.95. The summed E-state index contributed by atoms with van der Waals surface area (Å²) in [6.07, 6.45) is 9.47. The number of fused-ring (bicyclic) bond motifs is 1. The number of rotatable bonds is 8. The molecule has 0 unspecified atom stereocenters. The maximum Gasteiger partial charge on any atom is 0.224 e. The van der Waals surface area contributed by atoms with Gasteiger partial charge in [0.25, 0.3) is 0 Å². The van der Waals surface area contributed by atoms with E-state index < -0.39 is 0 Å². The van der Waals surface area contributed by atoms with Crippen LogP contribution >= 0.6 is 0 Å². The first kappa shape index (κ1) is 21.1. The van der Waals surface area contributed by atoms with Gasteiger partial charge in [0.15, 0.2) is 0 Å². The summed E-state index contributed by atoms with van der Waals surface area (Å²) < 4.78 is 10.4. The first-order chi connectivity index (χ1) is 16.1. The smallest absolute Gasteiger partial charge is 0.224 e. The van der Waals surface area contributed by atoms with Crippen LogP contribution in [0, 0.1) is 0 Å². The first-order valence-corrected chi connectivity index (χ1v) is 11.6. The second kappa shape index (κ2) is 9.02. The number of anilines is 2. The number of carbonyl (C=O) groups is 1. The molecular formula is C26H29N5O2. The molecule has 1 fully saturated rings. The van der Waals surface area contributed by atoms with E-state index in [0.717, 1.165) is 58.7 Å². The number of amides is 1. The molecule has 2 heterocycles. The van der Waals surface area contributed by atoms with Crippen molar-refractivity contribution < 1.29 is 9.53 Å². The van der Waals surface area contributed by atoms with Gasteiger partial charge in [-0.1, -0.05) is 19.1 Å². The zero-order valence-corrected chi connectivity index (χ0v) is 18.8. The Labute approximate surface area is 193 Å². The van der Waals surface area contributed by atoms with Gasteiger partial charge in [-0.2, -0.15) is 0 Å². The largest absolute Gasteiger partial charge is 0.492 e. The number of aromatic nitrogens is 3. The van der Waals surface area contributed by atoms with Crippen LogP contribution < -0.4 is 15.8 Å². The van der Waals surface area contributed by atoms with Crippen molar-refractivity contribution in [3.63, 3.8) is 0 Å². The molecule has 1 amide bonds. The van der Waals surface area contributed by atoms with Crippen molar-refractivity contribution in [1.29, 1.82) is 0 Å². The molecule has 0 radical (unpaired) electrons. The Morgan fingerprint density at radius 3 is 2.70 bits per heavy atom. The Balaban J connectivity index is 1.47. The van der Waals surface area contributed by atoms with E-state index in [4.69, 9.17) is 10.5 Å². The van der Waals surface area contributed by atoms with Crippen LogP contribution in [-0.4, -0.2) is 26.6 Å². The van der Waals surface area contributed by atoms with Gasteiger partial charge in [0.2, 0.25) is 5.91 Å². The summed E-state index contributed by atoms with van der Waals surface area (Å²) in [4.78, 5) is 15.8. The molecule has 0 aliphatic heterocycles. The number of nitrogens with zero attached hydrogens (tertiary/aromatic N) is 3. The minimum Gasteiger partial charge on any atom is -0.492 e. The van der Waals surface area contributed by atoms with Gasteiger partial charge in [0.05, 0.1) is 29.8 Å². The van der Waals surface area contributed by atoms with Crippen LogP contribution in [0.25, 0.3) is 22.2 Å². The molecule has 1 aliphatic carbocycles. The number of nitrogens with one attached hydrogen (secondary N) is 1. The van der Waals surface area contributed by atoms with E-state index in [9.17, 15) is 4.79 Å². The maximum absolute atomic E-state index is 11.7. The topological polar surface area (TPSA) is 87.1 Å². The molecular weight excluding hydrogens is 414 g/mol. The summed E-state index contributed by atoms with van der Waals surface area (Å²) in [5.74, 6) is 0.844. The molecule has 7 nitrogen and oxygen atoms in total. The highest BCUT2D eigenvalue weighted by atomic mass is 16.5. The van der Waals surface area contributed by atoms with E-state index in [2.05, 4.69) is 27.0 Å². The van der Waals surface area contributed by atoms with Crippen molar-refractivity contribution >= 4 is 28.2 Å². The van der Waals surface area contributed by atoms with Crippen molar-refractivity contribution in [2.45, 2.75) is 45.2 Å². The van der Waals surface area contributed by atoms with E-state index in [1.807, 2.05) is 48.0 Å². The molecule has 170 valence electrons. The fourth-order valence-corrected chi connectivity index (χ4v) is 4.37. The van der Waals surface area contributed by atoms with Crippen molar-refractivity contribution in [3.8, 4) is 17.0 Å². The van der Waals surface area contributed by atoms with Crippen LogP contribution in [-0.2, 0) is 11.3 Å². The summed E-state index contributed by atoms with van der Waals surface area (Å²) in [6, 6.07) is 14.5. The number of hydrogen-bond acceptors (Lipinski definition) is 4. The van der Waals surface area contributed by atoms with Crippen LogP contribution in [0.2, 0.25) is 0 Å². The minimum absolute atomic E-state index is 0.00594. The average Bonchev–Trinajstić information content (AvgIpc) is 3.40. The molecule has 1 aliphatic rings. The molecule has 33 heavy (non-hydrogen) atoms. The maximum atomic E-state index is 11.7. The molecule has 7 heteroatoms. The SMILES string of the molecule is CCC(=O)Nc1ccc(-c2c(N)c3ccc(OCCn4ccnc4)cc3n2C2CCC2)cc1. The van der Waals surface area contributed by atoms with Crippen LogP contribution in [0.3, 0.4) is 0 Å². The Morgan fingerprint density at radius 2 is 2.03 bits per heavy atom. The predicted molar refractivity (Wildman–Crippen MR) is 131 cm³/mol. The number of ether oxygens (including phenoxy) is 1. The number of carbonyl (C=O) groups excluding carboxylic acids is 1. The number of imidazole rings is 1. The molecule has 0 bridgehead atoms. The fraction of sp³-hybridized carbons (Fsp3) is 0.308. The van der Waals surface area contributed by atoms with Crippen LogP contribution in [0.15, 0.2) is 61.2 Å². The zero-order chi connectivity index (χ0) is 22.8. The van der Waals surface area contributed by atoms with E-state index >= 15 is 0 Å². The average molecular weight is 444 g/mol. The molecule has 3 N–H and O–H groups in total.